The summed E-state index contributed by atoms with van der Waals surface area (Å²) in [5.74, 6) is 0. The molecule has 122 heavy (non-hydrogen) atoms. The van der Waals surface area contributed by atoms with Crippen molar-refractivity contribution in [3.05, 3.63) is 432 Å². The van der Waals surface area contributed by atoms with Gasteiger partial charge in [0.25, 0.3) is 0 Å². The molecule has 0 fully saturated rings. The van der Waals surface area contributed by atoms with Crippen molar-refractivity contribution in [1.82, 2.24) is 86.8 Å². The highest BCUT2D eigenvalue weighted by atomic mass is 35.5. The zero-order chi connectivity index (χ0) is 83.3. The Hall–Kier alpha value is -14.2. The number of hydrogen-bond donors (Lipinski definition) is 0. The van der Waals surface area contributed by atoms with Crippen LogP contribution in [0.2, 0.25) is 36.5 Å². The summed E-state index contributed by atoms with van der Waals surface area (Å²) in [5, 5.41) is 10.3. The molecule has 14 aromatic heterocycles. The quantitative estimate of drug-likeness (QED) is 0.104. The predicted molar refractivity (Wildman–Crippen MR) is 497 cm³/mol. The van der Waals surface area contributed by atoms with E-state index in [1.54, 1.807) is 37.1 Å². The fraction of sp³-hybridized carbons (Fsp3) is 0. The molecule has 0 unspecified atom stereocenters. The Morgan fingerprint density at radius 2 is 0.533 bits per heavy atom. The van der Waals surface area contributed by atoms with E-state index in [0.717, 1.165) is 117 Å². The molecule has 0 saturated heterocycles. The van der Waals surface area contributed by atoms with Crippen LogP contribution in [0.4, 0.5) is 0 Å². The summed E-state index contributed by atoms with van der Waals surface area (Å²) in [4.78, 5) is 46.0. The first kappa shape index (κ1) is 80.2. The fourth-order valence-corrected chi connectivity index (χ4v) is 14.7. The lowest BCUT2D eigenvalue weighted by Crippen LogP contribution is -1.94. The minimum Gasteiger partial charge on any atom is -0.316 e. The lowest BCUT2D eigenvalue weighted by Gasteiger charge is -2.07. The van der Waals surface area contributed by atoms with E-state index in [2.05, 4.69) is 155 Å². The van der Waals surface area contributed by atoms with Crippen LogP contribution in [-0.4, -0.2) is 86.8 Å². The van der Waals surface area contributed by atoms with Crippen LogP contribution in [0.5, 0.6) is 0 Å². The SMILES string of the molecule is Clc1cc2c(ccn2-c2ccccc2)cn1.Clc1ccc2c(ccn2-c2ccccc2)n1.Clc1ccc2ccn(-c3ccccc3)c2n1.Clc1cnc2c(ccn2-c2ccccc2)n1.Clc1ncc2ccn(-c3ccc(-c4ccccc4)cc3)c2n1.Clc1ncc2ccn(-c3ccc4ccccc4c3)c2n1.Clc1ncc2ccn(-c3ccccc3)c2n1. The van der Waals surface area contributed by atoms with E-state index in [-0.39, 0.29) is 15.9 Å². The molecule has 0 spiro atoms. The van der Waals surface area contributed by atoms with Gasteiger partial charge in [0.2, 0.25) is 15.9 Å². The molecular weight excluding hydrogens is 1670 g/mol. The first-order chi connectivity index (χ1) is 59.8. The second-order valence-corrected chi connectivity index (χ2v) is 29.8. The summed E-state index contributed by atoms with van der Waals surface area (Å²) in [5.41, 5.74) is 18.0. The van der Waals surface area contributed by atoms with Crippen molar-refractivity contribution >= 4 is 169 Å². The van der Waals surface area contributed by atoms with Gasteiger partial charge in [0.05, 0.1) is 22.7 Å². The van der Waals surface area contributed by atoms with E-state index in [0.29, 0.717) is 20.6 Å². The summed E-state index contributed by atoms with van der Waals surface area (Å²) in [6.07, 6.45) is 22.4. The average Bonchev–Trinajstić information content (AvgIpc) is 1.60. The Kier molecular flexibility index (Phi) is 24.6. The molecule has 0 bridgehead atoms. The van der Waals surface area contributed by atoms with Gasteiger partial charge in [-0.15, -0.1) is 0 Å². The Labute approximate surface area is 733 Å². The van der Waals surface area contributed by atoms with Crippen molar-refractivity contribution in [2.24, 2.45) is 0 Å². The number of rotatable bonds is 8. The zero-order valence-electron chi connectivity index (χ0n) is 64.2. The van der Waals surface area contributed by atoms with Crippen LogP contribution in [0.1, 0.15) is 0 Å². The third-order valence-corrected chi connectivity index (χ3v) is 20.9. The van der Waals surface area contributed by atoms with Crippen LogP contribution in [0.25, 0.3) is 139 Å². The molecular formula is C97H65Cl7N18. The molecule has 18 nitrogen and oxygen atoms in total. The molecule has 0 radical (unpaired) electrons. The van der Waals surface area contributed by atoms with Crippen molar-refractivity contribution in [3.63, 3.8) is 0 Å². The summed E-state index contributed by atoms with van der Waals surface area (Å²) in [7, 11) is 0. The summed E-state index contributed by atoms with van der Waals surface area (Å²) in [6.45, 7) is 0. The lowest BCUT2D eigenvalue weighted by molar-refractivity contribution is 1.08. The number of benzene rings is 9. The van der Waals surface area contributed by atoms with Crippen LogP contribution in [-0.2, 0) is 0 Å². The minimum absolute atomic E-state index is 0.258. The molecule has 9 aromatic carbocycles. The Bertz CT molecular complexity index is 7100. The number of halogens is 7. The van der Waals surface area contributed by atoms with Crippen LogP contribution >= 0.6 is 81.2 Å². The van der Waals surface area contributed by atoms with E-state index < -0.39 is 0 Å². The molecule has 0 aliphatic rings. The highest BCUT2D eigenvalue weighted by molar-refractivity contribution is 6.31. The second kappa shape index (κ2) is 37.4. The highest BCUT2D eigenvalue weighted by Gasteiger charge is 2.14. The number of para-hydroxylation sites is 5. The highest BCUT2D eigenvalue weighted by Crippen LogP contribution is 2.30. The van der Waals surface area contributed by atoms with Crippen molar-refractivity contribution in [1.29, 1.82) is 0 Å². The fourth-order valence-electron chi connectivity index (χ4n) is 13.8. The van der Waals surface area contributed by atoms with Crippen LogP contribution in [0.3, 0.4) is 0 Å². The van der Waals surface area contributed by atoms with E-state index in [4.69, 9.17) is 81.2 Å². The van der Waals surface area contributed by atoms with Crippen molar-refractivity contribution < 1.29 is 0 Å². The maximum atomic E-state index is 5.91. The van der Waals surface area contributed by atoms with Gasteiger partial charge in [-0.3, -0.25) is 4.57 Å². The molecule has 23 rings (SSSR count). The summed E-state index contributed by atoms with van der Waals surface area (Å²) < 4.78 is 14.2. The van der Waals surface area contributed by atoms with Crippen LogP contribution in [0.15, 0.2) is 396 Å². The van der Waals surface area contributed by atoms with Gasteiger partial charge in [-0.1, -0.05) is 210 Å². The third-order valence-electron chi connectivity index (χ3n) is 19.5. The van der Waals surface area contributed by atoms with Gasteiger partial charge in [-0.05, 0) is 208 Å². The number of nitrogens with zero attached hydrogens (tertiary/aromatic N) is 18. The molecule has 0 atom stereocenters. The minimum atomic E-state index is 0.258. The Morgan fingerprint density at radius 1 is 0.180 bits per heavy atom. The number of hydrogen-bond acceptors (Lipinski definition) is 11. The molecule has 14 heterocycles. The largest absolute Gasteiger partial charge is 0.316 e. The summed E-state index contributed by atoms with van der Waals surface area (Å²) >= 11 is 41.1. The molecule has 0 N–H and O–H groups in total. The van der Waals surface area contributed by atoms with E-state index >= 15 is 0 Å². The molecule has 0 amide bonds. The smallest absolute Gasteiger partial charge is 0.224 e. The normalized spacial score (nSPS) is 10.9. The maximum Gasteiger partial charge on any atom is 0.224 e. The zero-order valence-corrected chi connectivity index (χ0v) is 69.5. The average molecular weight is 1730 g/mol. The van der Waals surface area contributed by atoms with Crippen LogP contribution < -0.4 is 0 Å². The van der Waals surface area contributed by atoms with E-state index in [1.807, 2.05) is 291 Å². The third kappa shape index (κ3) is 18.6. The van der Waals surface area contributed by atoms with E-state index in [9.17, 15) is 0 Å². The molecule has 0 saturated carbocycles. The first-order valence-corrected chi connectivity index (χ1v) is 40.8. The van der Waals surface area contributed by atoms with Crippen molar-refractivity contribution in [2.75, 3.05) is 0 Å². The van der Waals surface area contributed by atoms with Gasteiger partial charge in [0.15, 0.2) is 5.65 Å². The van der Waals surface area contributed by atoms with Gasteiger partial charge >= 0.3 is 0 Å². The molecule has 0 aliphatic carbocycles. The Morgan fingerprint density at radius 3 is 1.07 bits per heavy atom. The first-order valence-electron chi connectivity index (χ1n) is 38.2. The number of fused-ring (bicyclic) bond motifs is 8. The summed E-state index contributed by atoms with van der Waals surface area (Å²) in [6, 6.07) is 107. The van der Waals surface area contributed by atoms with Crippen molar-refractivity contribution in [3.8, 4) is 50.9 Å². The lowest BCUT2D eigenvalue weighted by atomic mass is 10.1. The molecule has 23 aromatic rings. The van der Waals surface area contributed by atoms with Crippen molar-refractivity contribution in [2.45, 2.75) is 0 Å². The van der Waals surface area contributed by atoms with Gasteiger partial charge < -0.3 is 27.4 Å². The Balaban J connectivity index is 0.000000102. The molecule has 0 aliphatic heterocycles. The number of aromatic nitrogens is 18. The van der Waals surface area contributed by atoms with Gasteiger partial charge in [-0.25, -0.2) is 39.9 Å². The molecule has 25 heteroatoms. The van der Waals surface area contributed by atoms with E-state index in [1.165, 1.54) is 21.9 Å². The van der Waals surface area contributed by atoms with Gasteiger partial charge in [0, 0.05) is 141 Å². The maximum absolute atomic E-state index is 5.91. The monoisotopic (exact) mass is 1730 g/mol. The number of pyridine rings is 3. The predicted octanol–water partition coefficient (Wildman–Crippen LogP) is 26.2. The van der Waals surface area contributed by atoms with Crippen LogP contribution in [0, 0.1) is 0 Å². The topological polar surface area (TPSA) is 176 Å². The standard InChI is InChI=1S/C18H12ClN3.C16H10ClN3.3C13H9ClN2.2C12H8ClN3/c19-18-20-12-15-10-11-22(17(15)21-18)16-8-6-14(7-9-16)13-4-2-1-3-5-13;17-16-18-10-13-7-8-20(15(13)19-16)14-6-5-11-3-1-2-4-12(11)9-14;14-13-8-12-10(9-15-13)6-7-16(12)11-4-2-1-3-5-11;14-12-7-6-10-8-9-16(13(10)15-12)11-4-2-1-3-5-11;14-13-7-6-12-11(15-13)8-9-16(12)10-4-2-1-3-5-10;13-12-14-8-9-6-7-16(11(9)15-12)10-4-2-1-3-5-10;13-11-8-14-12-10(15-11)6-7-16(12)9-4-2-1-3-5-9/h1-12H;1-10H;3*1-9H;2*1-8H. The van der Waals surface area contributed by atoms with Gasteiger partial charge in [-0.2, -0.15) is 15.0 Å². The second-order valence-electron chi connectivity index (χ2n) is 27.2. The van der Waals surface area contributed by atoms with Gasteiger partial charge in [0.1, 0.15) is 48.7 Å². The molecule has 592 valence electrons.